The van der Waals surface area contributed by atoms with E-state index in [0.717, 1.165) is 9.77 Å². The zero-order chi connectivity index (χ0) is 17.6. The smallest absolute Gasteiger partial charge is 0.331 e. The summed E-state index contributed by atoms with van der Waals surface area (Å²) < 4.78 is 7.19. The molecule has 0 radical (unpaired) electrons. The number of thiophene rings is 1. The largest absolute Gasteiger partial charge is 0.355 e. The van der Waals surface area contributed by atoms with Gasteiger partial charge in [-0.05, 0) is 30.0 Å². The van der Waals surface area contributed by atoms with E-state index < -0.39 is 5.69 Å². The quantitative estimate of drug-likeness (QED) is 0.643. The maximum atomic E-state index is 12.3. The van der Waals surface area contributed by atoms with Gasteiger partial charge in [-0.25, -0.2) is 4.79 Å². The molecule has 2 heterocycles. The number of hydrogen-bond donors (Lipinski definition) is 1. The Labute approximate surface area is 153 Å². The zero-order valence-corrected chi connectivity index (χ0v) is 15.4. The van der Waals surface area contributed by atoms with Crippen molar-refractivity contribution in [1.82, 2.24) is 9.55 Å². The summed E-state index contributed by atoms with van der Waals surface area (Å²) in [4.78, 5) is 28.9. The number of ether oxygens (including phenoxy) is 1. The van der Waals surface area contributed by atoms with Crippen molar-refractivity contribution in [2.24, 2.45) is 0 Å². The van der Waals surface area contributed by atoms with Crippen LogP contribution in [-0.4, -0.2) is 9.55 Å². The van der Waals surface area contributed by atoms with E-state index in [9.17, 15) is 9.59 Å². The fraction of sp³-hybridized carbons (Fsp3) is 0.222. The Morgan fingerprint density at radius 2 is 1.96 bits per heavy atom. The number of nitrogens with one attached hydrogen (secondary N) is 1. The molecule has 0 bridgehead atoms. The minimum Gasteiger partial charge on any atom is -0.355 e. The van der Waals surface area contributed by atoms with E-state index >= 15 is 0 Å². The Bertz CT molecular complexity index is 931. The van der Waals surface area contributed by atoms with Crippen LogP contribution < -0.4 is 11.2 Å². The van der Waals surface area contributed by atoms with Crippen LogP contribution in [-0.2, 0) is 24.5 Å². The van der Waals surface area contributed by atoms with Gasteiger partial charge in [0, 0.05) is 15.3 Å². The van der Waals surface area contributed by atoms with Crippen LogP contribution in [0.3, 0.4) is 0 Å². The van der Waals surface area contributed by atoms with Crippen LogP contribution in [0.1, 0.15) is 17.4 Å². The van der Waals surface area contributed by atoms with Gasteiger partial charge in [-0.15, -0.1) is 11.3 Å². The number of aromatic nitrogens is 2. The molecule has 0 saturated heterocycles. The van der Waals surface area contributed by atoms with Crippen LogP contribution in [0, 0.1) is 0 Å². The molecule has 5 nitrogen and oxygen atoms in total. The summed E-state index contributed by atoms with van der Waals surface area (Å²) in [6.07, 6.45) is 0.537. The van der Waals surface area contributed by atoms with E-state index in [1.807, 2.05) is 54.8 Å². The molecule has 3 aromatic rings. The van der Waals surface area contributed by atoms with Gasteiger partial charge >= 0.3 is 5.69 Å². The van der Waals surface area contributed by atoms with Crippen molar-refractivity contribution >= 4 is 23.1 Å². The molecular formula is C18H18N2O3S2. The van der Waals surface area contributed by atoms with Gasteiger partial charge in [0.15, 0.2) is 0 Å². The Kier molecular flexibility index (Phi) is 5.91. The lowest BCUT2D eigenvalue weighted by Gasteiger charge is -2.15. The predicted molar refractivity (Wildman–Crippen MR) is 100 cm³/mol. The minimum absolute atomic E-state index is 0.0929. The second kappa shape index (κ2) is 8.33. The van der Waals surface area contributed by atoms with Crippen LogP contribution in [0.5, 0.6) is 0 Å². The Morgan fingerprint density at radius 1 is 1.16 bits per heavy atom. The molecule has 0 aliphatic carbocycles. The Morgan fingerprint density at radius 3 is 2.64 bits per heavy atom. The molecule has 0 fully saturated rings. The number of aromatic amines is 1. The first-order chi connectivity index (χ1) is 12.2. The molecule has 7 heteroatoms. The molecule has 0 atom stereocenters. The van der Waals surface area contributed by atoms with Gasteiger partial charge in [0.05, 0.1) is 11.6 Å². The Hall–Kier alpha value is -2.09. The van der Waals surface area contributed by atoms with Gasteiger partial charge in [-0.3, -0.25) is 14.3 Å². The monoisotopic (exact) mass is 374 g/mol. The SMILES string of the molecule is CCc1c(Sc2ccccc2)n(COCc2cccs2)c(=O)[nH]c1=O. The van der Waals surface area contributed by atoms with Crippen molar-refractivity contribution in [1.29, 1.82) is 0 Å². The molecule has 25 heavy (non-hydrogen) atoms. The summed E-state index contributed by atoms with van der Waals surface area (Å²) in [7, 11) is 0. The highest BCUT2D eigenvalue weighted by atomic mass is 32.2. The fourth-order valence-corrected chi connectivity index (χ4v) is 4.13. The van der Waals surface area contributed by atoms with Crippen molar-refractivity contribution in [3.05, 3.63) is 79.1 Å². The van der Waals surface area contributed by atoms with E-state index in [0.29, 0.717) is 23.6 Å². The predicted octanol–water partition coefficient (Wildman–Crippen LogP) is 3.49. The molecule has 1 N–H and O–H groups in total. The first-order valence-electron chi connectivity index (χ1n) is 7.88. The van der Waals surface area contributed by atoms with Gasteiger partial charge in [0.2, 0.25) is 0 Å². The molecule has 0 amide bonds. The van der Waals surface area contributed by atoms with Gasteiger partial charge in [-0.2, -0.15) is 0 Å². The van der Waals surface area contributed by atoms with Crippen molar-refractivity contribution in [3.8, 4) is 0 Å². The van der Waals surface area contributed by atoms with Crippen LogP contribution in [0.4, 0.5) is 0 Å². The van der Waals surface area contributed by atoms with Crippen LogP contribution >= 0.6 is 23.1 Å². The lowest BCUT2D eigenvalue weighted by atomic mass is 10.2. The van der Waals surface area contributed by atoms with E-state index in [2.05, 4.69) is 4.98 Å². The minimum atomic E-state index is -0.452. The van der Waals surface area contributed by atoms with Crippen LogP contribution in [0.2, 0.25) is 0 Å². The summed E-state index contributed by atoms with van der Waals surface area (Å²) in [5.41, 5.74) is -0.194. The van der Waals surface area contributed by atoms with Crippen molar-refractivity contribution in [3.63, 3.8) is 0 Å². The summed E-state index contributed by atoms with van der Waals surface area (Å²) in [6.45, 7) is 2.43. The maximum absolute atomic E-state index is 12.3. The summed E-state index contributed by atoms with van der Waals surface area (Å²) >= 11 is 3.01. The summed E-state index contributed by atoms with van der Waals surface area (Å²) in [5, 5.41) is 2.62. The van der Waals surface area contributed by atoms with Gasteiger partial charge < -0.3 is 4.74 Å². The maximum Gasteiger partial charge on any atom is 0.331 e. The highest BCUT2D eigenvalue weighted by Gasteiger charge is 2.15. The van der Waals surface area contributed by atoms with E-state index in [4.69, 9.17) is 4.74 Å². The number of rotatable bonds is 7. The molecule has 0 aliphatic heterocycles. The first kappa shape index (κ1) is 17.7. The molecule has 0 saturated carbocycles. The normalized spacial score (nSPS) is 10.9. The third kappa shape index (κ3) is 4.31. The van der Waals surface area contributed by atoms with Gasteiger partial charge in [-0.1, -0.05) is 43.0 Å². The van der Waals surface area contributed by atoms with Crippen molar-refractivity contribution in [2.75, 3.05) is 0 Å². The van der Waals surface area contributed by atoms with E-state index in [-0.39, 0.29) is 12.3 Å². The number of nitrogens with zero attached hydrogens (tertiary/aromatic N) is 1. The average molecular weight is 374 g/mol. The van der Waals surface area contributed by atoms with Crippen LogP contribution in [0.15, 0.2) is 67.4 Å². The lowest BCUT2D eigenvalue weighted by Crippen LogP contribution is -2.34. The first-order valence-corrected chi connectivity index (χ1v) is 9.57. The van der Waals surface area contributed by atoms with E-state index in [1.165, 1.54) is 16.3 Å². The van der Waals surface area contributed by atoms with Gasteiger partial charge in [0.1, 0.15) is 6.73 Å². The van der Waals surface area contributed by atoms with Gasteiger partial charge in [0.25, 0.3) is 5.56 Å². The summed E-state index contributed by atoms with van der Waals surface area (Å²) in [6, 6.07) is 13.6. The number of benzene rings is 1. The highest BCUT2D eigenvalue weighted by Crippen LogP contribution is 2.28. The topological polar surface area (TPSA) is 64.1 Å². The summed E-state index contributed by atoms with van der Waals surface area (Å²) in [5.74, 6) is 0. The Balaban J connectivity index is 1.91. The number of H-pyrrole nitrogens is 1. The number of hydrogen-bond acceptors (Lipinski definition) is 5. The molecule has 0 aliphatic rings. The molecule has 1 aromatic carbocycles. The molecule has 130 valence electrons. The molecule has 2 aromatic heterocycles. The molecule has 3 rings (SSSR count). The third-order valence-electron chi connectivity index (χ3n) is 3.60. The van der Waals surface area contributed by atoms with Crippen molar-refractivity contribution in [2.45, 2.75) is 36.6 Å². The lowest BCUT2D eigenvalue weighted by molar-refractivity contribution is 0.0567. The second-order valence-corrected chi connectivity index (χ2v) is 7.39. The standard InChI is InChI=1S/C18H18N2O3S2/c1-2-15-16(21)19-18(22)20(12-23-11-14-9-6-10-24-14)17(15)25-13-7-4-3-5-8-13/h3-10H,2,11-12H2,1H3,(H,19,21,22). The molecule has 0 unspecified atom stereocenters. The highest BCUT2D eigenvalue weighted by molar-refractivity contribution is 7.99. The van der Waals surface area contributed by atoms with Crippen LogP contribution in [0.25, 0.3) is 0 Å². The molecule has 0 spiro atoms. The van der Waals surface area contributed by atoms with Crippen molar-refractivity contribution < 1.29 is 4.74 Å². The average Bonchev–Trinajstić information content (AvgIpc) is 3.12. The molecular weight excluding hydrogens is 356 g/mol. The van der Waals surface area contributed by atoms with E-state index in [1.54, 1.807) is 11.3 Å². The fourth-order valence-electron chi connectivity index (χ4n) is 2.37. The zero-order valence-electron chi connectivity index (χ0n) is 13.7. The second-order valence-electron chi connectivity index (χ2n) is 5.30. The third-order valence-corrected chi connectivity index (χ3v) is 5.62.